The Kier molecular flexibility index (Phi) is 7.48. The smallest absolute Gasteiger partial charge is 0.267 e. The van der Waals surface area contributed by atoms with E-state index in [0.29, 0.717) is 26.3 Å². The summed E-state index contributed by atoms with van der Waals surface area (Å²) in [5, 5.41) is 0. The van der Waals surface area contributed by atoms with Crippen LogP contribution in [0.5, 0.6) is 0 Å². The van der Waals surface area contributed by atoms with E-state index in [2.05, 4.69) is 18.7 Å². The van der Waals surface area contributed by atoms with Gasteiger partial charge in [0.2, 0.25) is 0 Å². The zero-order valence-corrected chi connectivity index (χ0v) is 21.2. The minimum atomic E-state index is -0.202. The van der Waals surface area contributed by atoms with Crippen LogP contribution in [0.3, 0.4) is 0 Å². The lowest BCUT2D eigenvalue weighted by molar-refractivity contribution is -0.123. The van der Waals surface area contributed by atoms with Crippen molar-refractivity contribution in [3.63, 3.8) is 0 Å². The number of thioether (sulfide) groups is 1. The van der Waals surface area contributed by atoms with E-state index in [1.54, 1.807) is 23.2 Å². The number of fused-ring (bicyclic) bond motifs is 1. The number of rotatable bonds is 8. The quantitative estimate of drug-likeness (QED) is 0.315. The maximum absolute atomic E-state index is 13.6. The zero-order chi connectivity index (χ0) is 24.2. The number of thiocarbonyl (C=S) groups is 1. The van der Waals surface area contributed by atoms with Crippen molar-refractivity contribution in [2.24, 2.45) is 0 Å². The van der Waals surface area contributed by atoms with Gasteiger partial charge in [-0.2, -0.15) is 0 Å². The highest BCUT2D eigenvalue weighted by molar-refractivity contribution is 8.26. The van der Waals surface area contributed by atoms with E-state index in [1.165, 1.54) is 16.2 Å². The van der Waals surface area contributed by atoms with E-state index in [-0.39, 0.29) is 17.5 Å². The first-order chi connectivity index (χ1) is 16.5. The summed E-state index contributed by atoms with van der Waals surface area (Å²) in [6.07, 6.45) is 5.23. The summed E-state index contributed by atoms with van der Waals surface area (Å²) in [7, 11) is 0. The molecule has 1 unspecified atom stereocenters. The molecule has 6 nitrogen and oxygen atoms in total. The van der Waals surface area contributed by atoms with Crippen LogP contribution < -0.4 is 10.5 Å². The minimum absolute atomic E-state index is 0.188. The van der Waals surface area contributed by atoms with Crippen molar-refractivity contribution in [2.45, 2.75) is 39.7 Å². The van der Waals surface area contributed by atoms with Crippen molar-refractivity contribution >= 4 is 51.7 Å². The Labute approximate surface area is 209 Å². The Morgan fingerprint density at radius 3 is 2.41 bits per heavy atom. The molecule has 1 atom stereocenters. The fraction of sp³-hybridized carbons (Fsp3) is 0.308. The Morgan fingerprint density at radius 2 is 1.74 bits per heavy atom. The molecule has 0 saturated carbocycles. The minimum Gasteiger partial charge on any atom is -0.356 e. The highest BCUT2D eigenvalue weighted by Gasteiger charge is 2.36. The molecule has 0 bridgehead atoms. The number of benzene rings is 1. The van der Waals surface area contributed by atoms with Gasteiger partial charge >= 0.3 is 0 Å². The molecular formula is C26H28N4O2S2. The molecule has 0 N–H and O–H groups in total. The maximum Gasteiger partial charge on any atom is 0.267 e. The van der Waals surface area contributed by atoms with Crippen molar-refractivity contribution in [1.82, 2.24) is 14.3 Å². The first-order valence-corrected chi connectivity index (χ1v) is 12.8. The predicted molar refractivity (Wildman–Crippen MR) is 144 cm³/mol. The standard InChI is InChI=1S/C26H28N4O2S2/c1-4-14-28(15-5-2)23-20(24(31)29-16-10-9-13-22(29)27-23)17-21-25(32)30(26(33)34-21)18(3)19-11-7-6-8-12-19/h6-13,16-18H,4-5,14-15H2,1-3H3. The average Bonchev–Trinajstić information content (AvgIpc) is 3.13. The maximum atomic E-state index is 13.6. The van der Waals surface area contributed by atoms with Crippen LogP contribution in [0.1, 0.15) is 50.8 Å². The second kappa shape index (κ2) is 10.5. The average molecular weight is 493 g/mol. The topological polar surface area (TPSA) is 57.9 Å². The summed E-state index contributed by atoms with van der Waals surface area (Å²) in [5.74, 6) is 0.425. The molecule has 1 saturated heterocycles. The van der Waals surface area contributed by atoms with Gasteiger partial charge in [0, 0.05) is 19.3 Å². The van der Waals surface area contributed by atoms with E-state index in [1.807, 2.05) is 49.4 Å². The second-order valence-corrected chi connectivity index (χ2v) is 9.88. The monoisotopic (exact) mass is 492 g/mol. The van der Waals surface area contributed by atoms with Crippen LogP contribution in [0.15, 0.2) is 64.4 Å². The highest BCUT2D eigenvalue weighted by atomic mass is 32.2. The third-order valence-electron chi connectivity index (χ3n) is 5.80. The number of carbonyl (C=O) groups is 1. The van der Waals surface area contributed by atoms with Gasteiger partial charge in [-0.1, -0.05) is 74.2 Å². The van der Waals surface area contributed by atoms with E-state index >= 15 is 0 Å². The van der Waals surface area contributed by atoms with Crippen LogP contribution in [-0.2, 0) is 4.79 Å². The number of carbonyl (C=O) groups excluding carboxylic acids is 1. The number of aromatic nitrogens is 2. The molecule has 34 heavy (non-hydrogen) atoms. The number of hydrogen-bond donors (Lipinski definition) is 0. The van der Waals surface area contributed by atoms with Gasteiger partial charge in [-0.3, -0.25) is 18.9 Å². The summed E-state index contributed by atoms with van der Waals surface area (Å²) in [6.45, 7) is 7.72. The fourth-order valence-corrected chi connectivity index (χ4v) is 5.55. The number of amides is 1. The SMILES string of the molecule is CCCN(CCC)c1nc2ccccn2c(=O)c1C=C1SC(=S)N(C(C)c2ccccc2)C1=O. The summed E-state index contributed by atoms with van der Waals surface area (Å²) < 4.78 is 2.01. The molecule has 0 aliphatic carbocycles. The Hall–Kier alpha value is -2.97. The molecule has 0 spiro atoms. The van der Waals surface area contributed by atoms with Crippen molar-refractivity contribution in [3.8, 4) is 0 Å². The Balaban J connectivity index is 1.81. The molecule has 1 amide bonds. The highest BCUT2D eigenvalue weighted by Crippen LogP contribution is 2.38. The zero-order valence-electron chi connectivity index (χ0n) is 19.6. The van der Waals surface area contributed by atoms with E-state index in [0.717, 1.165) is 31.5 Å². The summed E-state index contributed by atoms with van der Waals surface area (Å²) in [4.78, 5) is 36.0. The van der Waals surface area contributed by atoms with Crippen molar-refractivity contribution in [1.29, 1.82) is 0 Å². The fourth-order valence-electron chi connectivity index (χ4n) is 4.15. The van der Waals surface area contributed by atoms with E-state index in [9.17, 15) is 9.59 Å². The van der Waals surface area contributed by atoms with E-state index in [4.69, 9.17) is 17.2 Å². The Bertz CT molecular complexity index is 1300. The Morgan fingerprint density at radius 1 is 1.06 bits per heavy atom. The van der Waals surface area contributed by atoms with Crippen molar-refractivity contribution in [2.75, 3.05) is 18.0 Å². The third-order valence-corrected chi connectivity index (χ3v) is 7.13. The van der Waals surface area contributed by atoms with Gasteiger partial charge in [-0.05, 0) is 43.5 Å². The third kappa shape index (κ3) is 4.65. The molecule has 1 fully saturated rings. The van der Waals surface area contributed by atoms with Crippen molar-refractivity contribution < 1.29 is 4.79 Å². The first-order valence-electron chi connectivity index (χ1n) is 11.5. The van der Waals surface area contributed by atoms with Gasteiger partial charge in [0.1, 0.15) is 15.8 Å². The number of pyridine rings is 1. The summed E-state index contributed by atoms with van der Waals surface area (Å²) in [6, 6.07) is 15.1. The van der Waals surface area contributed by atoms with Crippen LogP contribution >= 0.6 is 24.0 Å². The van der Waals surface area contributed by atoms with Gasteiger partial charge in [-0.25, -0.2) is 4.98 Å². The largest absolute Gasteiger partial charge is 0.356 e. The molecule has 176 valence electrons. The van der Waals surface area contributed by atoms with Gasteiger partial charge in [0.25, 0.3) is 11.5 Å². The molecule has 0 radical (unpaired) electrons. The van der Waals surface area contributed by atoms with E-state index < -0.39 is 0 Å². The molecule has 2 aromatic heterocycles. The predicted octanol–water partition coefficient (Wildman–Crippen LogP) is 5.28. The molecule has 8 heteroatoms. The second-order valence-electron chi connectivity index (χ2n) is 8.21. The number of hydrogen-bond acceptors (Lipinski definition) is 6. The molecule has 1 aliphatic rings. The molecule has 3 aromatic rings. The van der Waals surface area contributed by atoms with Crippen LogP contribution in [0.4, 0.5) is 5.82 Å². The lowest BCUT2D eigenvalue weighted by atomic mass is 10.1. The van der Waals surface area contributed by atoms with Crippen LogP contribution in [0.2, 0.25) is 0 Å². The first kappa shape index (κ1) is 24.2. The van der Waals surface area contributed by atoms with Gasteiger partial charge < -0.3 is 4.90 Å². The molecule has 1 aliphatic heterocycles. The lowest BCUT2D eigenvalue weighted by Crippen LogP contribution is -2.32. The molecular weight excluding hydrogens is 464 g/mol. The lowest BCUT2D eigenvalue weighted by Gasteiger charge is -2.24. The normalized spacial score (nSPS) is 16.0. The van der Waals surface area contributed by atoms with Crippen LogP contribution in [0.25, 0.3) is 11.7 Å². The van der Waals surface area contributed by atoms with Crippen LogP contribution in [0, 0.1) is 0 Å². The molecule has 1 aromatic carbocycles. The van der Waals surface area contributed by atoms with Gasteiger partial charge in [0.15, 0.2) is 0 Å². The summed E-state index contributed by atoms with van der Waals surface area (Å²) >= 11 is 6.82. The molecule has 3 heterocycles. The van der Waals surface area contributed by atoms with Crippen LogP contribution in [-0.4, -0.2) is 37.6 Å². The van der Waals surface area contributed by atoms with Crippen molar-refractivity contribution in [3.05, 3.63) is 81.1 Å². The number of anilines is 1. The molecule has 4 rings (SSSR count). The number of nitrogens with zero attached hydrogens (tertiary/aromatic N) is 4. The van der Waals surface area contributed by atoms with Gasteiger partial charge in [-0.15, -0.1) is 0 Å². The van der Waals surface area contributed by atoms with Gasteiger partial charge in [0.05, 0.1) is 16.5 Å². The summed E-state index contributed by atoms with van der Waals surface area (Å²) in [5.41, 5.74) is 1.81.